The maximum absolute atomic E-state index is 12.7. The molecule has 1 atom stereocenters. The number of hydrogen-bond acceptors (Lipinski definition) is 7. The topological polar surface area (TPSA) is 114 Å². The average molecular weight is 475 g/mol. The number of benzene rings is 1. The van der Waals surface area contributed by atoms with Crippen LogP contribution in [0.4, 0.5) is 5.69 Å². The largest absolute Gasteiger partial charge is 0.493 e. The van der Waals surface area contributed by atoms with Crippen molar-refractivity contribution >= 4 is 40.9 Å². The van der Waals surface area contributed by atoms with Gasteiger partial charge in [0.05, 0.1) is 27.6 Å². The van der Waals surface area contributed by atoms with Gasteiger partial charge in [-0.25, -0.2) is 0 Å². The normalized spacial score (nSPS) is 15.2. The van der Waals surface area contributed by atoms with Crippen molar-refractivity contribution in [2.75, 3.05) is 33.2 Å². The van der Waals surface area contributed by atoms with Gasteiger partial charge in [0.25, 0.3) is 5.91 Å². The second kappa shape index (κ2) is 11.2. The summed E-state index contributed by atoms with van der Waals surface area (Å²) in [5, 5.41) is 3.09. The molecule has 0 aliphatic carbocycles. The van der Waals surface area contributed by atoms with Crippen LogP contribution in [0.5, 0.6) is 17.2 Å². The van der Waals surface area contributed by atoms with Gasteiger partial charge in [0.15, 0.2) is 16.6 Å². The van der Waals surface area contributed by atoms with Crippen molar-refractivity contribution in [3.8, 4) is 17.2 Å². The lowest BCUT2D eigenvalue weighted by Crippen LogP contribution is -2.52. The predicted molar refractivity (Wildman–Crippen MR) is 126 cm³/mol. The Hall–Kier alpha value is -3.73. The number of nitrogens with zero attached hydrogens (tertiary/aromatic N) is 1. The van der Waals surface area contributed by atoms with E-state index >= 15 is 0 Å². The van der Waals surface area contributed by atoms with Crippen LogP contribution in [0, 0.1) is 0 Å². The Morgan fingerprint density at radius 3 is 2.48 bits per heavy atom. The number of methoxy groups -OCH3 is 3. The zero-order chi connectivity index (χ0) is 23.8. The van der Waals surface area contributed by atoms with Crippen LogP contribution in [0.15, 0.2) is 41.0 Å². The molecule has 2 aromatic rings. The Balaban J connectivity index is 1.56. The number of ether oxygens (including phenoxy) is 3. The zero-order valence-corrected chi connectivity index (χ0v) is 19.4. The second-order valence-corrected chi connectivity index (χ2v) is 7.43. The van der Waals surface area contributed by atoms with Gasteiger partial charge in [-0.2, -0.15) is 0 Å². The molecule has 33 heavy (non-hydrogen) atoms. The third kappa shape index (κ3) is 5.95. The van der Waals surface area contributed by atoms with E-state index in [4.69, 9.17) is 30.8 Å². The van der Waals surface area contributed by atoms with Crippen LogP contribution in [0.3, 0.4) is 0 Å². The number of amides is 2. The summed E-state index contributed by atoms with van der Waals surface area (Å²) >= 11 is 5.27. The summed E-state index contributed by atoms with van der Waals surface area (Å²) in [6.45, 7) is 0.494. The highest BCUT2D eigenvalue weighted by Crippen LogP contribution is 2.39. The lowest BCUT2D eigenvalue weighted by atomic mass is 10.2. The van der Waals surface area contributed by atoms with Gasteiger partial charge in [0.1, 0.15) is 11.8 Å². The van der Waals surface area contributed by atoms with Crippen molar-refractivity contribution in [1.29, 1.82) is 0 Å². The molecule has 10 nitrogen and oxygen atoms in total. The standard InChI is InChI=1S/C22H26N4O6S/c1-29-17-12-14(13-18(30-2)20(17)31-3)23-22(33)25-24-21(28)16-7-4-10-26(16)19(27)9-8-15-6-5-11-32-15/h5-6,8-9,11-13,16H,4,7,10H2,1-3H3,(H,24,28)(H2,23,25,33)/b9-8+/t16-/m0/s1. The number of hydrogen-bond donors (Lipinski definition) is 3. The Morgan fingerprint density at radius 1 is 1.15 bits per heavy atom. The number of hydrazine groups is 1. The van der Waals surface area contributed by atoms with E-state index in [9.17, 15) is 9.59 Å². The SMILES string of the molecule is COc1cc(NC(=S)NNC(=O)[C@@H]2CCCN2C(=O)/C=C/c2ccco2)cc(OC)c1OC. The van der Waals surface area contributed by atoms with Crippen molar-refractivity contribution in [3.05, 3.63) is 42.4 Å². The van der Waals surface area contributed by atoms with Crippen molar-refractivity contribution in [2.45, 2.75) is 18.9 Å². The van der Waals surface area contributed by atoms with Gasteiger partial charge < -0.3 is 28.8 Å². The Morgan fingerprint density at radius 2 is 1.88 bits per heavy atom. The van der Waals surface area contributed by atoms with E-state index in [1.165, 1.54) is 38.6 Å². The molecule has 2 amide bonds. The van der Waals surface area contributed by atoms with Gasteiger partial charge in [-0.15, -0.1) is 0 Å². The highest BCUT2D eigenvalue weighted by atomic mass is 32.1. The third-order valence-electron chi connectivity index (χ3n) is 4.99. The van der Waals surface area contributed by atoms with Gasteiger partial charge in [-0.05, 0) is 43.3 Å². The van der Waals surface area contributed by atoms with Crippen molar-refractivity contribution in [3.63, 3.8) is 0 Å². The summed E-state index contributed by atoms with van der Waals surface area (Å²) < 4.78 is 21.1. The molecule has 1 aromatic carbocycles. The number of nitrogens with one attached hydrogen (secondary N) is 3. The van der Waals surface area contributed by atoms with E-state index in [2.05, 4.69) is 16.2 Å². The van der Waals surface area contributed by atoms with E-state index in [1.807, 2.05) is 0 Å². The predicted octanol–water partition coefficient (Wildman–Crippen LogP) is 2.33. The highest BCUT2D eigenvalue weighted by Gasteiger charge is 2.33. The number of anilines is 1. The monoisotopic (exact) mass is 474 g/mol. The molecule has 1 aliphatic heterocycles. The van der Waals surface area contributed by atoms with Crippen molar-refractivity contribution < 1.29 is 28.2 Å². The molecule has 1 fully saturated rings. The first-order chi connectivity index (χ1) is 16.0. The van der Waals surface area contributed by atoms with Crippen molar-refractivity contribution in [1.82, 2.24) is 15.8 Å². The van der Waals surface area contributed by atoms with Crippen LogP contribution in [0.1, 0.15) is 18.6 Å². The average Bonchev–Trinajstić information content (AvgIpc) is 3.52. The molecule has 3 N–H and O–H groups in total. The fraction of sp³-hybridized carbons (Fsp3) is 0.318. The molecule has 0 spiro atoms. The fourth-order valence-corrected chi connectivity index (χ4v) is 3.62. The molecular weight excluding hydrogens is 448 g/mol. The minimum atomic E-state index is -0.602. The Bertz CT molecular complexity index is 999. The van der Waals surface area contributed by atoms with Gasteiger partial charge in [-0.1, -0.05) is 0 Å². The van der Waals surface area contributed by atoms with Crippen LogP contribution < -0.4 is 30.4 Å². The lowest BCUT2D eigenvalue weighted by Gasteiger charge is -2.23. The molecule has 1 saturated heterocycles. The summed E-state index contributed by atoms with van der Waals surface area (Å²) in [5.41, 5.74) is 5.79. The van der Waals surface area contributed by atoms with E-state index in [0.29, 0.717) is 41.7 Å². The molecular formula is C22H26N4O6S. The summed E-state index contributed by atoms with van der Waals surface area (Å²) in [7, 11) is 4.53. The van der Waals surface area contributed by atoms with Crippen LogP contribution in [0.2, 0.25) is 0 Å². The Kier molecular flexibility index (Phi) is 8.14. The van der Waals surface area contributed by atoms with Crippen LogP contribution >= 0.6 is 12.2 Å². The smallest absolute Gasteiger partial charge is 0.261 e. The van der Waals surface area contributed by atoms with Gasteiger partial charge in [0.2, 0.25) is 11.7 Å². The third-order valence-corrected chi connectivity index (χ3v) is 5.20. The van der Waals surface area contributed by atoms with Crippen LogP contribution in [-0.4, -0.2) is 55.7 Å². The van der Waals surface area contributed by atoms with E-state index in [1.54, 1.807) is 30.3 Å². The number of carbonyl (C=O) groups is 2. The van der Waals surface area contributed by atoms with Gasteiger partial charge in [-0.3, -0.25) is 20.4 Å². The summed E-state index contributed by atoms with van der Waals surface area (Å²) in [4.78, 5) is 26.7. The Labute approximate surface area is 196 Å². The maximum atomic E-state index is 12.7. The first-order valence-corrected chi connectivity index (χ1v) is 10.6. The summed E-state index contributed by atoms with van der Waals surface area (Å²) in [5.74, 6) is 1.30. The molecule has 1 aliphatic rings. The fourth-order valence-electron chi connectivity index (χ4n) is 3.46. The number of carbonyl (C=O) groups excluding carboxylic acids is 2. The molecule has 2 heterocycles. The number of furan rings is 1. The number of rotatable bonds is 7. The first-order valence-electron chi connectivity index (χ1n) is 10.2. The van der Waals surface area contributed by atoms with E-state index in [0.717, 1.165) is 6.42 Å². The van der Waals surface area contributed by atoms with Gasteiger partial charge in [0, 0.05) is 30.4 Å². The van der Waals surface area contributed by atoms with Crippen molar-refractivity contribution in [2.24, 2.45) is 0 Å². The van der Waals surface area contributed by atoms with E-state index < -0.39 is 6.04 Å². The summed E-state index contributed by atoms with van der Waals surface area (Å²) in [6.07, 6.45) is 5.78. The molecule has 1 aromatic heterocycles. The molecule has 11 heteroatoms. The summed E-state index contributed by atoms with van der Waals surface area (Å²) in [6, 6.07) is 6.23. The quantitative estimate of drug-likeness (QED) is 0.316. The lowest BCUT2D eigenvalue weighted by molar-refractivity contribution is -0.135. The molecule has 3 rings (SSSR count). The molecule has 176 valence electrons. The molecule has 0 unspecified atom stereocenters. The van der Waals surface area contributed by atoms with Gasteiger partial charge >= 0.3 is 0 Å². The highest BCUT2D eigenvalue weighted by molar-refractivity contribution is 7.80. The minimum Gasteiger partial charge on any atom is -0.493 e. The number of thiocarbonyl (C=S) groups is 1. The zero-order valence-electron chi connectivity index (χ0n) is 18.5. The molecule has 0 saturated carbocycles. The maximum Gasteiger partial charge on any atom is 0.261 e. The molecule has 0 radical (unpaired) electrons. The van der Waals surface area contributed by atoms with Crippen LogP contribution in [0.25, 0.3) is 6.08 Å². The molecule has 0 bridgehead atoms. The second-order valence-electron chi connectivity index (χ2n) is 7.02. The van der Waals surface area contributed by atoms with E-state index in [-0.39, 0.29) is 16.9 Å². The number of likely N-dealkylation sites (tertiary alicyclic amines) is 1. The first kappa shape index (κ1) is 23.9. The van der Waals surface area contributed by atoms with Crippen LogP contribution in [-0.2, 0) is 9.59 Å². The minimum absolute atomic E-state index is 0.145.